The summed E-state index contributed by atoms with van der Waals surface area (Å²) in [5, 5.41) is 4.85. The minimum atomic E-state index is 0.913. The fourth-order valence-corrected chi connectivity index (χ4v) is 2.61. The van der Waals surface area contributed by atoms with Crippen LogP contribution in [0.15, 0.2) is 54.7 Å². The minimum Gasteiger partial charge on any atom is -0.361 e. The van der Waals surface area contributed by atoms with Gasteiger partial charge in [0.1, 0.15) is 0 Å². The SMILES string of the molecule is Cc1ccccc1CCNCc1c[nH]c2ccccc12. The molecule has 0 aliphatic heterocycles. The summed E-state index contributed by atoms with van der Waals surface area (Å²) in [7, 11) is 0. The maximum Gasteiger partial charge on any atom is 0.0457 e. The predicted octanol–water partition coefficient (Wildman–Crippen LogP) is 3.81. The maximum atomic E-state index is 3.54. The van der Waals surface area contributed by atoms with Crippen LogP contribution < -0.4 is 5.32 Å². The number of para-hydroxylation sites is 1. The molecule has 0 unspecified atom stereocenters. The van der Waals surface area contributed by atoms with Gasteiger partial charge in [-0.3, -0.25) is 0 Å². The van der Waals surface area contributed by atoms with Crippen molar-refractivity contribution in [2.45, 2.75) is 19.9 Å². The molecular weight excluding hydrogens is 244 g/mol. The highest BCUT2D eigenvalue weighted by molar-refractivity contribution is 5.82. The lowest BCUT2D eigenvalue weighted by molar-refractivity contribution is 0.688. The zero-order valence-electron chi connectivity index (χ0n) is 11.8. The van der Waals surface area contributed by atoms with E-state index in [0.29, 0.717) is 0 Å². The first kappa shape index (κ1) is 12.9. The van der Waals surface area contributed by atoms with Crippen LogP contribution in [0.25, 0.3) is 10.9 Å². The molecule has 0 aliphatic carbocycles. The second kappa shape index (κ2) is 5.93. The van der Waals surface area contributed by atoms with E-state index in [9.17, 15) is 0 Å². The smallest absolute Gasteiger partial charge is 0.0457 e. The fraction of sp³-hybridized carbons (Fsp3) is 0.222. The molecule has 20 heavy (non-hydrogen) atoms. The molecule has 0 radical (unpaired) electrons. The molecule has 1 heterocycles. The van der Waals surface area contributed by atoms with Crippen LogP contribution in [-0.2, 0) is 13.0 Å². The first-order valence-corrected chi connectivity index (χ1v) is 7.15. The van der Waals surface area contributed by atoms with Crippen molar-refractivity contribution in [3.63, 3.8) is 0 Å². The van der Waals surface area contributed by atoms with E-state index in [4.69, 9.17) is 0 Å². The van der Waals surface area contributed by atoms with Gasteiger partial charge in [-0.25, -0.2) is 0 Å². The molecule has 2 nitrogen and oxygen atoms in total. The lowest BCUT2D eigenvalue weighted by Crippen LogP contribution is -2.16. The number of hydrogen-bond donors (Lipinski definition) is 2. The number of fused-ring (bicyclic) bond motifs is 1. The van der Waals surface area contributed by atoms with E-state index in [1.807, 2.05) is 0 Å². The number of benzene rings is 2. The number of aromatic amines is 1. The van der Waals surface area contributed by atoms with Gasteiger partial charge in [0.05, 0.1) is 0 Å². The minimum absolute atomic E-state index is 0.913. The van der Waals surface area contributed by atoms with E-state index in [0.717, 1.165) is 19.5 Å². The molecule has 1 aromatic heterocycles. The van der Waals surface area contributed by atoms with Crippen LogP contribution in [0.4, 0.5) is 0 Å². The molecule has 0 saturated carbocycles. The number of rotatable bonds is 5. The Balaban J connectivity index is 1.57. The van der Waals surface area contributed by atoms with Crippen LogP contribution in [-0.4, -0.2) is 11.5 Å². The van der Waals surface area contributed by atoms with E-state index in [2.05, 4.69) is 72.0 Å². The average Bonchev–Trinajstić information content (AvgIpc) is 2.89. The highest BCUT2D eigenvalue weighted by Crippen LogP contribution is 2.17. The summed E-state index contributed by atoms with van der Waals surface area (Å²) in [5.41, 5.74) is 5.36. The summed E-state index contributed by atoms with van der Waals surface area (Å²) in [6.07, 6.45) is 3.18. The van der Waals surface area contributed by atoms with Crippen LogP contribution in [0.2, 0.25) is 0 Å². The Morgan fingerprint density at radius 3 is 2.65 bits per heavy atom. The van der Waals surface area contributed by atoms with E-state index in [-0.39, 0.29) is 0 Å². The van der Waals surface area contributed by atoms with Gasteiger partial charge in [-0.1, -0.05) is 42.5 Å². The van der Waals surface area contributed by atoms with Crippen molar-refractivity contribution in [3.05, 3.63) is 71.4 Å². The molecule has 102 valence electrons. The normalized spacial score (nSPS) is 11.1. The Hall–Kier alpha value is -2.06. The van der Waals surface area contributed by atoms with Crippen molar-refractivity contribution in [2.24, 2.45) is 0 Å². The summed E-state index contributed by atoms with van der Waals surface area (Å²) in [6, 6.07) is 17.0. The molecule has 0 bridgehead atoms. The van der Waals surface area contributed by atoms with E-state index in [1.165, 1.54) is 27.6 Å². The highest BCUT2D eigenvalue weighted by Gasteiger charge is 2.02. The van der Waals surface area contributed by atoms with Gasteiger partial charge in [-0.2, -0.15) is 0 Å². The summed E-state index contributed by atoms with van der Waals surface area (Å²) < 4.78 is 0. The Kier molecular flexibility index (Phi) is 3.84. The Bertz CT molecular complexity index is 697. The van der Waals surface area contributed by atoms with Crippen molar-refractivity contribution >= 4 is 10.9 Å². The molecule has 0 amide bonds. The lowest BCUT2D eigenvalue weighted by atomic mass is 10.1. The third-order valence-corrected chi connectivity index (χ3v) is 3.82. The van der Waals surface area contributed by atoms with E-state index < -0.39 is 0 Å². The van der Waals surface area contributed by atoms with E-state index >= 15 is 0 Å². The van der Waals surface area contributed by atoms with Gasteiger partial charge < -0.3 is 10.3 Å². The molecule has 0 saturated heterocycles. The van der Waals surface area contributed by atoms with Gasteiger partial charge in [0.2, 0.25) is 0 Å². The number of nitrogens with one attached hydrogen (secondary N) is 2. The standard InChI is InChI=1S/C18H20N2/c1-14-6-2-3-7-15(14)10-11-19-12-16-13-20-18-9-5-4-8-17(16)18/h2-9,13,19-20H,10-12H2,1H3. The molecule has 0 atom stereocenters. The zero-order valence-corrected chi connectivity index (χ0v) is 11.8. The Morgan fingerprint density at radius 1 is 0.950 bits per heavy atom. The zero-order chi connectivity index (χ0) is 13.8. The molecule has 0 spiro atoms. The number of hydrogen-bond acceptors (Lipinski definition) is 1. The lowest BCUT2D eigenvalue weighted by Gasteiger charge is -2.07. The molecular formula is C18H20N2. The van der Waals surface area contributed by atoms with Crippen molar-refractivity contribution in [1.82, 2.24) is 10.3 Å². The van der Waals surface area contributed by atoms with Crippen LogP contribution >= 0.6 is 0 Å². The molecule has 3 aromatic rings. The van der Waals surface area contributed by atoms with Gasteiger partial charge >= 0.3 is 0 Å². The summed E-state index contributed by atoms with van der Waals surface area (Å²) in [4.78, 5) is 3.32. The molecule has 2 aromatic carbocycles. The molecule has 0 fully saturated rings. The van der Waals surface area contributed by atoms with Gasteiger partial charge in [0, 0.05) is 23.6 Å². The van der Waals surface area contributed by atoms with Crippen molar-refractivity contribution in [2.75, 3.05) is 6.54 Å². The van der Waals surface area contributed by atoms with Crippen LogP contribution in [0.5, 0.6) is 0 Å². The highest BCUT2D eigenvalue weighted by atomic mass is 14.9. The van der Waals surface area contributed by atoms with Crippen LogP contribution in [0, 0.1) is 6.92 Å². The summed E-state index contributed by atoms with van der Waals surface area (Å²) >= 11 is 0. The largest absolute Gasteiger partial charge is 0.361 e. The second-order valence-electron chi connectivity index (χ2n) is 5.21. The van der Waals surface area contributed by atoms with Crippen molar-refractivity contribution in [3.8, 4) is 0 Å². The Labute approximate surface area is 119 Å². The van der Waals surface area contributed by atoms with Crippen LogP contribution in [0.3, 0.4) is 0 Å². The molecule has 2 heteroatoms. The Morgan fingerprint density at radius 2 is 1.75 bits per heavy atom. The first-order chi connectivity index (χ1) is 9.84. The predicted molar refractivity (Wildman–Crippen MR) is 84.9 cm³/mol. The summed E-state index contributed by atoms with van der Waals surface area (Å²) in [5.74, 6) is 0. The van der Waals surface area contributed by atoms with Crippen molar-refractivity contribution in [1.29, 1.82) is 0 Å². The summed E-state index contributed by atoms with van der Waals surface area (Å²) in [6.45, 7) is 4.09. The van der Waals surface area contributed by atoms with E-state index in [1.54, 1.807) is 0 Å². The van der Waals surface area contributed by atoms with Gasteiger partial charge in [-0.15, -0.1) is 0 Å². The average molecular weight is 264 g/mol. The van der Waals surface area contributed by atoms with Gasteiger partial charge in [-0.05, 0) is 42.6 Å². The van der Waals surface area contributed by atoms with Gasteiger partial charge in [0.15, 0.2) is 0 Å². The topological polar surface area (TPSA) is 27.8 Å². The monoisotopic (exact) mass is 264 g/mol. The van der Waals surface area contributed by atoms with Crippen LogP contribution in [0.1, 0.15) is 16.7 Å². The molecule has 3 rings (SSSR count). The molecule has 2 N–H and O–H groups in total. The number of H-pyrrole nitrogens is 1. The first-order valence-electron chi connectivity index (χ1n) is 7.15. The number of aryl methyl sites for hydroxylation is 1. The third kappa shape index (κ3) is 2.75. The van der Waals surface area contributed by atoms with Gasteiger partial charge in [0.25, 0.3) is 0 Å². The molecule has 0 aliphatic rings. The second-order valence-corrected chi connectivity index (χ2v) is 5.21. The van der Waals surface area contributed by atoms with Crippen molar-refractivity contribution < 1.29 is 0 Å². The number of aromatic nitrogens is 1. The maximum absolute atomic E-state index is 3.54. The quantitative estimate of drug-likeness (QED) is 0.674. The third-order valence-electron chi connectivity index (χ3n) is 3.82. The fourth-order valence-electron chi connectivity index (χ4n) is 2.61.